The molecule has 23 heavy (non-hydrogen) atoms. The highest BCUT2D eigenvalue weighted by Gasteiger charge is 2.12. The van der Waals surface area contributed by atoms with Crippen molar-refractivity contribution in [2.24, 2.45) is 0 Å². The molecule has 3 nitrogen and oxygen atoms in total. The number of hydrogen-bond acceptors (Lipinski definition) is 2. The van der Waals surface area contributed by atoms with E-state index in [9.17, 15) is 9.18 Å². The number of aromatic amines is 1. The molecule has 2 aromatic carbocycles. The van der Waals surface area contributed by atoms with Crippen LogP contribution in [0.5, 0.6) is 0 Å². The number of pyridine rings is 1. The summed E-state index contributed by atoms with van der Waals surface area (Å²) in [6.07, 6.45) is 1.60. The first-order valence-electron chi connectivity index (χ1n) is 7.21. The highest BCUT2D eigenvalue weighted by molar-refractivity contribution is 6.35. The summed E-state index contributed by atoms with van der Waals surface area (Å²) >= 11 is 6.14. The fraction of sp³-hybridized carbons (Fsp3) is 0.167. The zero-order valence-corrected chi connectivity index (χ0v) is 13.6. The number of H-pyrrole nitrogens is 1. The Hall–Kier alpha value is -2.17. The van der Waals surface area contributed by atoms with Crippen LogP contribution in [0.4, 0.5) is 4.39 Å². The number of fused-ring (bicyclic) bond motifs is 1. The lowest BCUT2D eigenvalue weighted by Crippen LogP contribution is -2.12. The Labute approximate surface area is 138 Å². The molecular formula is C18H16ClFN2O. The van der Waals surface area contributed by atoms with Crippen molar-refractivity contribution in [1.82, 2.24) is 9.88 Å². The monoisotopic (exact) mass is 330 g/mol. The molecule has 0 aliphatic carbocycles. The fourth-order valence-corrected chi connectivity index (χ4v) is 2.95. The van der Waals surface area contributed by atoms with Crippen LogP contribution >= 0.6 is 11.6 Å². The van der Waals surface area contributed by atoms with E-state index in [1.165, 1.54) is 6.07 Å². The van der Waals surface area contributed by atoms with Crippen molar-refractivity contribution in [2.45, 2.75) is 6.54 Å². The molecule has 5 heteroatoms. The maximum Gasteiger partial charge on any atom is 0.257 e. The van der Waals surface area contributed by atoms with Crippen LogP contribution in [-0.4, -0.2) is 24.0 Å². The summed E-state index contributed by atoms with van der Waals surface area (Å²) in [7, 11) is 3.79. The number of nitrogens with zero attached hydrogens (tertiary/aromatic N) is 1. The van der Waals surface area contributed by atoms with Crippen LogP contribution in [-0.2, 0) is 6.54 Å². The van der Waals surface area contributed by atoms with Gasteiger partial charge in [-0.1, -0.05) is 35.9 Å². The van der Waals surface area contributed by atoms with Gasteiger partial charge in [-0.25, -0.2) is 4.39 Å². The second-order valence-electron chi connectivity index (χ2n) is 5.74. The smallest absolute Gasteiger partial charge is 0.257 e. The third-order valence-corrected chi connectivity index (χ3v) is 4.04. The molecule has 118 valence electrons. The van der Waals surface area contributed by atoms with E-state index in [-0.39, 0.29) is 11.4 Å². The molecule has 0 bridgehead atoms. The maximum absolute atomic E-state index is 14.3. The largest absolute Gasteiger partial charge is 0.328 e. The molecule has 0 aliphatic heterocycles. The summed E-state index contributed by atoms with van der Waals surface area (Å²) in [5.74, 6) is -0.266. The van der Waals surface area contributed by atoms with Crippen molar-refractivity contribution in [3.63, 3.8) is 0 Å². The van der Waals surface area contributed by atoms with E-state index < -0.39 is 0 Å². The van der Waals surface area contributed by atoms with Gasteiger partial charge in [0, 0.05) is 23.9 Å². The van der Waals surface area contributed by atoms with Gasteiger partial charge in [-0.3, -0.25) is 4.79 Å². The highest BCUT2D eigenvalue weighted by Crippen LogP contribution is 2.30. The van der Waals surface area contributed by atoms with Crippen LogP contribution in [0.2, 0.25) is 5.02 Å². The lowest BCUT2D eigenvalue weighted by Gasteiger charge is -2.12. The quantitative estimate of drug-likeness (QED) is 0.786. The van der Waals surface area contributed by atoms with Crippen molar-refractivity contribution in [2.75, 3.05) is 14.1 Å². The van der Waals surface area contributed by atoms with E-state index >= 15 is 0 Å². The van der Waals surface area contributed by atoms with E-state index in [0.717, 1.165) is 5.56 Å². The lowest BCUT2D eigenvalue weighted by molar-refractivity contribution is 0.392. The summed E-state index contributed by atoms with van der Waals surface area (Å²) < 4.78 is 14.3. The summed E-state index contributed by atoms with van der Waals surface area (Å²) in [5.41, 5.74) is 1.83. The molecule has 0 unspecified atom stereocenters. The average Bonchev–Trinajstić information content (AvgIpc) is 2.49. The standard InChI is InChI=1S/C18H16ClFN2O/c1-22(2)10-12-7-6-11(8-16(12)20)14-9-21-18(23)17-13(14)4-3-5-15(17)19/h3-9H,10H2,1-2H3,(H,21,23). The van der Waals surface area contributed by atoms with Crippen LogP contribution in [0.1, 0.15) is 5.56 Å². The maximum atomic E-state index is 14.3. The zero-order chi connectivity index (χ0) is 16.6. The third-order valence-electron chi connectivity index (χ3n) is 3.73. The molecule has 0 atom stereocenters. The van der Waals surface area contributed by atoms with Gasteiger partial charge in [-0.15, -0.1) is 0 Å². The van der Waals surface area contributed by atoms with Gasteiger partial charge < -0.3 is 9.88 Å². The molecule has 0 aliphatic rings. The van der Waals surface area contributed by atoms with E-state index in [1.807, 2.05) is 31.1 Å². The van der Waals surface area contributed by atoms with E-state index in [0.29, 0.717) is 33.5 Å². The van der Waals surface area contributed by atoms with Gasteiger partial charge >= 0.3 is 0 Å². The molecule has 0 saturated heterocycles. The van der Waals surface area contributed by atoms with Crippen LogP contribution < -0.4 is 5.56 Å². The Morgan fingerprint density at radius 3 is 2.70 bits per heavy atom. The minimum absolute atomic E-state index is 0.251. The summed E-state index contributed by atoms with van der Waals surface area (Å²) in [5, 5.41) is 1.51. The topological polar surface area (TPSA) is 36.1 Å². The second kappa shape index (κ2) is 6.14. The predicted octanol–water partition coefficient (Wildman–Crippen LogP) is 4.05. The summed E-state index contributed by atoms with van der Waals surface area (Å²) in [6.45, 7) is 0.532. The first-order valence-corrected chi connectivity index (χ1v) is 7.58. The number of hydrogen-bond donors (Lipinski definition) is 1. The van der Waals surface area contributed by atoms with E-state index in [4.69, 9.17) is 11.6 Å². The molecule has 3 aromatic rings. The molecule has 0 saturated carbocycles. The molecule has 1 N–H and O–H groups in total. The molecule has 1 aromatic heterocycles. The second-order valence-corrected chi connectivity index (χ2v) is 6.15. The van der Waals surface area contributed by atoms with Gasteiger partial charge in [0.15, 0.2) is 0 Å². The Morgan fingerprint density at radius 2 is 2.00 bits per heavy atom. The summed E-state index contributed by atoms with van der Waals surface area (Å²) in [6, 6.07) is 10.4. The third kappa shape index (κ3) is 3.00. The Kier molecular flexibility index (Phi) is 4.20. The normalized spacial score (nSPS) is 11.3. The molecule has 0 amide bonds. The Morgan fingerprint density at radius 1 is 1.22 bits per heavy atom. The molecular weight excluding hydrogens is 315 g/mol. The molecule has 0 fully saturated rings. The summed E-state index contributed by atoms with van der Waals surface area (Å²) in [4.78, 5) is 16.6. The molecule has 0 spiro atoms. The number of nitrogens with one attached hydrogen (secondary N) is 1. The minimum atomic E-state index is -0.266. The van der Waals surface area contributed by atoms with Crippen LogP contribution in [0, 0.1) is 5.82 Å². The first-order chi connectivity index (χ1) is 11.0. The van der Waals surface area contributed by atoms with Crippen molar-refractivity contribution in [3.8, 4) is 11.1 Å². The lowest BCUT2D eigenvalue weighted by atomic mass is 9.99. The van der Waals surface area contributed by atoms with Gasteiger partial charge in [0.05, 0.1) is 10.4 Å². The highest BCUT2D eigenvalue weighted by atomic mass is 35.5. The number of halogens is 2. The van der Waals surface area contributed by atoms with E-state index in [2.05, 4.69) is 4.98 Å². The van der Waals surface area contributed by atoms with E-state index in [1.54, 1.807) is 24.4 Å². The van der Waals surface area contributed by atoms with Crippen molar-refractivity contribution >= 4 is 22.4 Å². The molecule has 0 radical (unpaired) electrons. The molecule has 1 heterocycles. The Balaban J connectivity index is 2.18. The van der Waals surface area contributed by atoms with Crippen molar-refractivity contribution < 1.29 is 4.39 Å². The fourth-order valence-electron chi connectivity index (χ4n) is 2.69. The van der Waals surface area contributed by atoms with Gasteiger partial charge in [0.2, 0.25) is 0 Å². The van der Waals surface area contributed by atoms with Gasteiger partial charge in [-0.2, -0.15) is 0 Å². The van der Waals surface area contributed by atoms with Gasteiger partial charge in [0.25, 0.3) is 5.56 Å². The first kappa shape index (κ1) is 15.7. The van der Waals surface area contributed by atoms with Crippen molar-refractivity contribution in [1.29, 1.82) is 0 Å². The van der Waals surface area contributed by atoms with Crippen molar-refractivity contribution in [3.05, 3.63) is 69.4 Å². The van der Waals surface area contributed by atoms with Crippen LogP contribution in [0.25, 0.3) is 21.9 Å². The number of rotatable bonds is 3. The zero-order valence-electron chi connectivity index (χ0n) is 12.9. The minimum Gasteiger partial charge on any atom is -0.328 e. The number of benzene rings is 2. The SMILES string of the molecule is CN(C)Cc1ccc(-c2c[nH]c(=O)c3c(Cl)cccc23)cc1F. The predicted molar refractivity (Wildman–Crippen MR) is 92.4 cm³/mol. The molecule has 3 rings (SSSR count). The van der Waals surface area contributed by atoms with Gasteiger partial charge in [0.1, 0.15) is 5.82 Å². The number of aromatic nitrogens is 1. The van der Waals surface area contributed by atoms with Gasteiger partial charge in [-0.05, 0) is 37.2 Å². The Bertz CT molecular complexity index is 934. The van der Waals surface area contributed by atoms with Crippen LogP contribution in [0.3, 0.4) is 0 Å². The van der Waals surface area contributed by atoms with Crippen LogP contribution in [0.15, 0.2) is 47.4 Å². The average molecular weight is 331 g/mol.